The Morgan fingerprint density at radius 3 is 2.52 bits per heavy atom. The van der Waals surface area contributed by atoms with Crippen LogP contribution in [0.3, 0.4) is 0 Å². The quantitative estimate of drug-likeness (QED) is 0.877. The van der Waals surface area contributed by atoms with Gasteiger partial charge in [0.15, 0.2) is 5.82 Å². The molecule has 0 unspecified atom stereocenters. The van der Waals surface area contributed by atoms with Gasteiger partial charge in [0.2, 0.25) is 0 Å². The summed E-state index contributed by atoms with van der Waals surface area (Å²) in [6.45, 7) is 5.41. The van der Waals surface area contributed by atoms with Crippen molar-refractivity contribution >= 4 is 5.82 Å². The molecule has 2 aromatic rings. The van der Waals surface area contributed by atoms with E-state index in [1.54, 1.807) is 12.4 Å². The Hall–Kier alpha value is -1.97. The minimum atomic E-state index is 0.508. The molecule has 21 heavy (non-hydrogen) atoms. The first-order valence-electron chi connectivity index (χ1n) is 7.77. The first-order valence-corrected chi connectivity index (χ1v) is 7.77. The summed E-state index contributed by atoms with van der Waals surface area (Å²) in [5, 5.41) is 3.52. The van der Waals surface area contributed by atoms with Crippen LogP contribution in [-0.2, 0) is 6.42 Å². The minimum absolute atomic E-state index is 0.508. The molecule has 1 N–H and O–H groups in total. The lowest BCUT2D eigenvalue weighted by molar-refractivity contribution is 0.520. The van der Waals surface area contributed by atoms with Crippen molar-refractivity contribution in [1.29, 1.82) is 0 Å². The number of aromatic nitrogens is 3. The molecule has 4 heteroatoms. The first-order chi connectivity index (χ1) is 10.2. The predicted molar refractivity (Wildman–Crippen MR) is 85.1 cm³/mol. The monoisotopic (exact) mass is 282 g/mol. The van der Waals surface area contributed by atoms with Crippen molar-refractivity contribution in [3.05, 3.63) is 36.3 Å². The van der Waals surface area contributed by atoms with Gasteiger partial charge in [0, 0.05) is 36.3 Å². The largest absolute Gasteiger partial charge is 0.369 e. The first kappa shape index (κ1) is 14.0. The van der Waals surface area contributed by atoms with Crippen molar-refractivity contribution in [2.75, 3.05) is 11.9 Å². The molecule has 1 aliphatic rings. The highest BCUT2D eigenvalue weighted by Gasteiger charge is 2.40. The topological polar surface area (TPSA) is 50.7 Å². The molecular formula is C17H22N4. The Morgan fingerprint density at radius 1 is 1.14 bits per heavy atom. The Balaban J connectivity index is 1.83. The van der Waals surface area contributed by atoms with E-state index in [-0.39, 0.29) is 0 Å². The molecule has 2 heterocycles. The van der Waals surface area contributed by atoms with Gasteiger partial charge in [-0.3, -0.25) is 4.98 Å². The van der Waals surface area contributed by atoms with Crippen LogP contribution in [0.25, 0.3) is 11.4 Å². The van der Waals surface area contributed by atoms with Gasteiger partial charge in [0.25, 0.3) is 0 Å². The number of hydrogen-bond donors (Lipinski definition) is 1. The van der Waals surface area contributed by atoms with E-state index in [4.69, 9.17) is 0 Å². The lowest BCUT2D eigenvalue weighted by atomic mass is 10.0. The molecule has 0 saturated heterocycles. The molecule has 4 nitrogen and oxygen atoms in total. The third-order valence-electron chi connectivity index (χ3n) is 4.43. The molecule has 0 aliphatic heterocycles. The maximum Gasteiger partial charge on any atom is 0.161 e. The van der Waals surface area contributed by atoms with Gasteiger partial charge in [-0.25, -0.2) is 9.97 Å². The maximum atomic E-state index is 4.67. The van der Waals surface area contributed by atoms with Crippen LogP contribution < -0.4 is 5.32 Å². The van der Waals surface area contributed by atoms with Crippen molar-refractivity contribution in [3.8, 4) is 11.4 Å². The van der Waals surface area contributed by atoms with Gasteiger partial charge in [-0.15, -0.1) is 0 Å². The zero-order valence-electron chi connectivity index (χ0n) is 12.8. The van der Waals surface area contributed by atoms with Gasteiger partial charge in [0.1, 0.15) is 5.82 Å². The molecule has 2 aromatic heterocycles. The van der Waals surface area contributed by atoms with E-state index in [1.165, 1.54) is 19.3 Å². The summed E-state index contributed by atoms with van der Waals surface area (Å²) in [5.41, 5.74) is 2.59. The van der Waals surface area contributed by atoms with Crippen molar-refractivity contribution in [2.45, 2.75) is 39.5 Å². The molecule has 0 amide bonds. The van der Waals surface area contributed by atoms with Crippen molar-refractivity contribution in [2.24, 2.45) is 5.41 Å². The Morgan fingerprint density at radius 2 is 1.90 bits per heavy atom. The van der Waals surface area contributed by atoms with Gasteiger partial charge in [-0.1, -0.05) is 13.8 Å². The number of anilines is 1. The molecule has 0 radical (unpaired) electrons. The third kappa shape index (κ3) is 3.20. The summed E-state index contributed by atoms with van der Waals surface area (Å²) >= 11 is 0. The van der Waals surface area contributed by atoms with Crippen LogP contribution in [0.1, 0.15) is 38.8 Å². The molecule has 0 aromatic carbocycles. The van der Waals surface area contributed by atoms with Crippen LogP contribution in [0.2, 0.25) is 0 Å². The van der Waals surface area contributed by atoms with E-state index >= 15 is 0 Å². The second-order valence-corrected chi connectivity index (χ2v) is 5.86. The Bertz CT molecular complexity index is 605. The van der Waals surface area contributed by atoms with Crippen molar-refractivity contribution in [1.82, 2.24) is 15.0 Å². The lowest BCUT2D eigenvalue weighted by Gasteiger charge is -2.15. The lowest BCUT2D eigenvalue weighted by Crippen LogP contribution is -2.15. The van der Waals surface area contributed by atoms with Gasteiger partial charge in [-0.05, 0) is 43.2 Å². The number of rotatable bonds is 6. The van der Waals surface area contributed by atoms with E-state index < -0.39 is 0 Å². The highest BCUT2D eigenvalue weighted by atomic mass is 15.0. The zero-order valence-corrected chi connectivity index (χ0v) is 12.8. The van der Waals surface area contributed by atoms with Crippen LogP contribution in [0.5, 0.6) is 0 Å². The SMILES string of the molecule is CCc1cc(NCC2(CC)CC2)nc(-c2ccncc2)n1. The fourth-order valence-corrected chi connectivity index (χ4v) is 2.51. The van der Waals surface area contributed by atoms with Gasteiger partial charge >= 0.3 is 0 Å². The number of aryl methyl sites for hydroxylation is 1. The minimum Gasteiger partial charge on any atom is -0.369 e. The molecular weight excluding hydrogens is 260 g/mol. The summed E-state index contributed by atoms with van der Waals surface area (Å²) in [5.74, 6) is 1.72. The molecule has 1 saturated carbocycles. The Kier molecular flexibility index (Phi) is 3.86. The van der Waals surface area contributed by atoms with Gasteiger partial charge in [0.05, 0.1) is 0 Å². The molecule has 3 rings (SSSR count). The van der Waals surface area contributed by atoms with Gasteiger partial charge in [-0.2, -0.15) is 0 Å². The molecule has 0 atom stereocenters. The van der Waals surface area contributed by atoms with Gasteiger partial charge < -0.3 is 5.32 Å². The molecule has 1 aliphatic carbocycles. The van der Waals surface area contributed by atoms with Crippen LogP contribution >= 0.6 is 0 Å². The average molecular weight is 282 g/mol. The molecule has 0 spiro atoms. The van der Waals surface area contributed by atoms with Crippen LogP contribution in [-0.4, -0.2) is 21.5 Å². The molecule has 1 fully saturated rings. The molecule has 110 valence electrons. The molecule has 0 bridgehead atoms. The van der Waals surface area contributed by atoms with E-state index in [9.17, 15) is 0 Å². The standard InChI is InChI=1S/C17H22N4/c1-3-14-11-15(19-12-17(4-2)7-8-17)21-16(20-14)13-5-9-18-10-6-13/h5-6,9-11H,3-4,7-8,12H2,1-2H3,(H,19,20,21). The fourth-order valence-electron chi connectivity index (χ4n) is 2.51. The fraction of sp³-hybridized carbons (Fsp3) is 0.471. The van der Waals surface area contributed by atoms with Crippen molar-refractivity contribution in [3.63, 3.8) is 0 Å². The summed E-state index contributed by atoms with van der Waals surface area (Å²) in [7, 11) is 0. The maximum absolute atomic E-state index is 4.67. The number of hydrogen-bond acceptors (Lipinski definition) is 4. The predicted octanol–water partition coefficient (Wildman–Crippen LogP) is 3.70. The Labute approximate surface area is 126 Å². The third-order valence-corrected chi connectivity index (χ3v) is 4.43. The highest BCUT2D eigenvalue weighted by molar-refractivity contribution is 5.56. The number of nitrogens with one attached hydrogen (secondary N) is 1. The second kappa shape index (κ2) is 5.80. The second-order valence-electron chi connectivity index (χ2n) is 5.86. The van der Waals surface area contributed by atoms with E-state index in [2.05, 4.69) is 40.2 Å². The summed E-state index contributed by atoms with van der Waals surface area (Å²) in [6.07, 6.45) is 8.37. The van der Waals surface area contributed by atoms with Crippen LogP contribution in [0, 0.1) is 5.41 Å². The van der Waals surface area contributed by atoms with E-state index in [0.29, 0.717) is 5.41 Å². The summed E-state index contributed by atoms with van der Waals surface area (Å²) in [6, 6.07) is 5.97. The van der Waals surface area contributed by atoms with E-state index in [0.717, 1.165) is 35.9 Å². The van der Waals surface area contributed by atoms with Crippen LogP contribution in [0.4, 0.5) is 5.82 Å². The number of pyridine rings is 1. The smallest absolute Gasteiger partial charge is 0.161 e. The zero-order chi connectivity index (χ0) is 14.7. The average Bonchev–Trinajstić information content (AvgIpc) is 3.34. The summed E-state index contributed by atoms with van der Waals surface area (Å²) in [4.78, 5) is 13.3. The highest BCUT2D eigenvalue weighted by Crippen LogP contribution is 2.48. The normalized spacial score (nSPS) is 15.7. The number of nitrogens with zero attached hydrogens (tertiary/aromatic N) is 3. The van der Waals surface area contributed by atoms with E-state index in [1.807, 2.05) is 12.1 Å². The van der Waals surface area contributed by atoms with Crippen molar-refractivity contribution < 1.29 is 0 Å². The summed E-state index contributed by atoms with van der Waals surface area (Å²) < 4.78 is 0. The van der Waals surface area contributed by atoms with Crippen LogP contribution in [0.15, 0.2) is 30.6 Å².